The molecule has 126 valence electrons. The van der Waals surface area contributed by atoms with Crippen LogP contribution in [0.25, 0.3) is 0 Å². The monoisotopic (exact) mass is 328 g/mol. The first kappa shape index (κ1) is 19.1. The highest BCUT2D eigenvalue weighted by atomic mass is 35.5. The Kier molecular flexibility index (Phi) is 8.01. The van der Waals surface area contributed by atoms with E-state index in [1.807, 2.05) is 19.9 Å². The first-order valence-electron chi connectivity index (χ1n) is 7.85. The Labute approximate surface area is 140 Å². The van der Waals surface area contributed by atoms with Crippen LogP contribution < -0.4 is 14.8 Å². The van der Waals surface area contributed by atoms with Crippen LogP contribution in [0, 0.1) is 0 Å². The number of hydrogen-bond donors (Lipinski definition) is 1. The zero-order valence-corrected chi connectivity index (χ0v) is 14.9. The van der Waals surface area contributed by atoms with Crippen molar-refractivity contribution in [3.05, 3.63) is 23.8 Å². The minimum Gasteiger partial charge on any atom is -0.493 e. The van der Waals surface area contributed by atoms with Gasteiger partial charge in [0.25, 0.3) is 0 Å². The molecule has 1 aliphatic rings. The molecule has 1 heterocycles. The van der Waals surface area contributed by atoms with Crippen LogP contribution in [0.15, 0.2) is 18.2 Å². The number of hydrogen-bond acceptors (Lipinski definition) is 4. The van der Waals surface area contributed by atoms with Gasteiger partial charge in [0.2, 0.25) is 0 Å². The number of ether oxygens (including phenoxy) is 2. The second-order valence-electron chi connectivity index (χ2n) is 6.01. The Hall–Kier alpha value is -0.970. The van der Waals surface area contributed by atoms with Gasteiger partial charge in [-0.15, -0.1) is 12.4 Å². The summed E-state index contributed by atoms with van der Waals surface area (Å²) < 4.78 is 11.2. The van der Waals surface area contributed by atoms with Crippen LogP contribution in [0.1, 0.15) is 32.3 Å². The summed E-state index contributed by atoms with van der Waals surface area (Å²) in [6.07, 6.45) is 2.69. The molecule has 0 amide bonds. The Bertz CT molecular complexity index is 454. The molecule has 1 aliphatic heterocycles. The van der Waals surface area contributed by atoms with E-state index in [9.17, 15) is 0 Å². The fraction of sp³-hybridized carbons (Fsp3) is 0.647. The maximum Gasteiger partial charge on any atom is 0.161 e. The summed E-state index contributed by atoms with van der Waals surface area (Å²) in [6, 6.07) is 6.88. The molecule has 0 radical (unpaired) electrons. The summed E-state index contributed by atoms with van der Waals surface area (Å²) in [5.41, 5.74) is 1.28. The molecule has 0 aromatic heterocycles. The van der Waals surface area contributed by atoms with E-state index >= 15 is 0 Å². The normalized spacial score (nSPS) is 18.9. The lowest BCUT2D eigenvalue weighted by atomic mass is 10.0. The summed E-state index contributed by atoms with van der Waals surface area (Å²) >= 11 is 0. The molecule has 1 unspecified atom stereocenters. The van der Waals surface area contributed by atoms with Gasteiger partial charge in [-0.1, -0.05) is 6.07 Å². The van der Waals surface area contributed by atoms with Gasteiger partial charge in [0.15, 0.2) is 11.5 Å². The van der Waals surface area contributed by atoms with E-state index in [4.69, 9.17) is 9.47 Å². The maximum absolute atomic E-state index is 5.77. The van der Waals surface area contributed by atoms with Crippen molar-refractivity contribution in [2.45, 2.75) is 45.4 Å². The molecule has 2 rings (SSSR count). The Morgan fingerprint density at radius 2 is 2.09 bits per heavy atom. The molecule has 1 fully saturated rings. The van der Waals surface area contributed by atoms with Gasteiger partial charge in [-0.3, -0.25) is 4.90 Å². The molecular formula is C17H29ClN2O2. The smallest absolute Gasteiger partial charge is 0.161 e. The lowest BCUT2D eigenvalue weighted by molar-refractivity contribution is 0.187. The number of halogens is 1. The van der Waals surface area contributed by atoms with Crippen molar-refractivity contribution < 1.29 is 9.47 Å². The number of rotatable bonds is 6. The first-order valence-corrected chi connectivity index (χ1v) is 7.85. The van der Waals surface area contributed by atoms with Crippen LogP contribution in [-0.4, -0.2) is 44.3 Å². The molecule has 0 bridgehead atoms. The van der Waals surface area contributed by atoms with E-state index in [1.54, 1.807) is 7.11 Å². The molecule has 1 aromatic carbocycles. The predicted molar refractivity (Wildman–Crippen MR) is 93.4 cm³/mol. The van der Waals surface area contributed by atoms with Gasteiger partial charge in [0.1, 0.15) is 0 Å². The topological polar surface area (TPSA) is 33.7 Å². The molecule has 0 aliphatic carbocycles. The number of nitrogens with zero attached hydrogens (tertiary/aromatic N) is 1. The third-order valence-electron chi connectivity index (χ3n) is 3.91. The summed E-state index contributed by atoms with van der Waals surface area (Å²) in [6.45, 7) is 7.31. The van der Waals surface area contributed by atoms with E-state index < -0.39 is 0 Å². The minimum absolute atomic E-state index is 0. The number of piperidine rings is 1. The lowest BCUT2D eigenvalue weighted by Crippen LogP contribution is -2.43. The first-order chi connectivity index (χ1) is 10.1. The van der Waals surface area contributed by atoms with Gasteiger partial charge in [-0.2, -0.15) is 0 Å². The third-order valence-corrected chi connectivity index (χ3v) is 3.91. The molecule has 1 saturated heterocycles. The Balaban J connectivity index is 0.00000242. The van der Waals surface area contributed by atoms with Crippen LogP contribution >= 0.6 is 12.4 Å². The molecular weight excluding hydrogens is 300 g/mol. The summed E-state index contributed by atoms with van der Waals surface area (Å²) in [7, 11) is 3.75. The number of likely N-dealkylation sites (tertiary alicyclic amines) is 1. The van der Waals surface area contributed by atoms with Gasteiger partial charge in [-0.05, 0) is 58.0 Å². The van der Waals surface area contributed by atoms with Crippen LogP contribution in [0.4, 0.5) is 0 Å². The van der Waals surface area contributed by atoms with Crippen LogP contribution in [-0.2, 0) is 6.54 Å². The van der Waals surface area contributed by atoms with Gasteiger partial charge >= 0.3 is 0 Å². The van der Waals surface area contributed by atoms with Crippen LogP contribution in [0.5, 0.6) is 11.5 Å². The number of benzene rings is 1. The fourth-order valence-corrected chi connectivity index (χ4v) is 2.85. The molecule has 4 nitrogen and oxygen atoms in total. The van der Waals surface area contributed by atoms with Crippen molar-refractivity contribution in [2.24, 2.45) is 0 Å². The van der Waals surface area contributed by atoms with Gasteiger partial charge in [-0.25, -0.2) is 0 Å². The summed E-state index contributed by atoms with van der Waals surface area (Å²) in [5, 5.41) is 3.39. The lowest BCUT2D eigenvalue weighted by Gasteiger charge is -2.32. The standard InChI is InChI=1S/C17H28N2O2.ClH/c1-13(2)21-16-8-7-14(10-17(16)20-4)11-19-9-5-6-15(12-19)18-3;/h7-8,10,13,15,18H,5-6,9,11-12H2,1-4H3;1H. The van der Waals surface area contributed by atoms with Crippen molar-refractivity contribution in [1.29, 1.82) is 0 Å². The Morgan fingerprint density at radius 3 is 2.73 bits per heavy atom. The molecule has 1 atom stereocenters. The number of nitrogens with one attached hydrogen (secondary N) is 1. The third kappa shape index (κ3) is 5.34. The van der Waals surface area contributed by atoms with E-state index in [-0.39, 0.29) is 18.5 Å². The second kappa shape index (κ2) is 9.23. The second-order valence-corrected chi connectivity index (χ2v) is 6.01. The fourth-order valence-electron chi connectivity index (χ4n) is 2.85. The molecule has 1 N–H and O–H groups in total. The molecule has 5 heteroatoms. The highest BCUT2D eigenvalue weighted by Crippen LogP contribution is 2.29. The SMILES string of the molecule is CNC1CCCN(Cc2ccc(OC(C)C)c(OC)c2)C1.Cl. The molecule has 22 heavy (non-hydrogen) atoms. The molecule has 0 saturated carbocycles. The highest BCUT2D eigenvalue weighted by molar-refractivity contribution is 5.85. The highest BCUT2D eigenvalue weighted by Gasteiger charge is 2.18. The van der Waals surface area contributed by atoms with Crippen molar-refractivity contribution >= 4 is 12.4 Å². The zero-order chi connectivity index (χ0) is 15.2. The van der Waals surface area contributed by atoms with Gasteiger partial charge < -0.3 is 14.8 Å². The molecule has 0 spiro atoms. The van der Waals surface area contributed by atoms with Crippen molar-refractivity contribution in [2.75, 3.05) is 27.2 Å². The minimum atomic E-state index is 0. The quantitative estimate of drug-likeness (QED) is 0.870. The van der Waals surface area contributed by atoms with Gasteiger partial charge in [0, 0.05) is 19.1 Å². The summed E-state index contributed by atoms with van der Waals surface area (Å²) in [5.74, 6) is 1.64. The van der Waals surface area contributed by atoms with Gasteiger partial charge in [0.05, 0.1) is 13.2 Å². The average Bonchev–Trinajstić information content (AvgIpc) is 2.48. The van der Waals surface area contributed by atoms with E-state index in [1.165, 1.54) is 24.9 Å². The van der Waals surface area contributed by atoms with Crippen LogP contribution in [0.2, 0.25) is 0 Å². The predicted octanol–water partition coefficient (Wildman–Crippen LogP) is 3.09. The number of methoxy groups -OCH3 is 1. The summed E-state index contributed by atoms with van der Waals surface area (Å²) in [4.78, 5) is 2.50. The van der Waals surface area contributed by atoms with Crippen molar-refractivity contribution in [3.8, 4) is 11.5 Å². The number of likely N-dealkylation sites (N-methyl/N-ethyl adjacent to an activating group) is 1. The maximum atomic E-state index is 5.77. The molecule has 1 aromatic rings. The van der Waals surface area contributed by atoms with Crippen molar-refractivity contribution in [1.82, 2.24) is 10.2 Å². The zero-order valence-electron chi connectivity index (χ0n) is 14.1. The van der Waals surface area contributed by atoms with E-state index in [2.05, 4.69) is 29.4 Å². The van der Waals surface area contributed by atoms with Crippen molar-refractivity contribution in [3.63, 3.8) is 0 Å². The van der Waals surface area contributed by atoms with E-state index in [0.29, 0.717) is 6.04 Å². The van der Waals surface area contributed by atoms with E-state index in [0.717, 1.165) is 24.6 Å². The largest absolute Gasteiger partial charge is 0.493 e. The average molecular weight is 329 g/mol. The Morgan fingerprint density at radius 1 is 1.32 bits per heavy atom. The van der Waals surface area contributed by atoms with Crippen LogP contribution in [0.3, 0.4) is 0 Å².